The van der Waals surface area contributed by atoms with Gasteiger partial charge in [-0.2, -0.15) is 0 Å². The molecule has 2 atom stereocenters. The molecule has 1 rings (SSSR count). The molecule has 0 heterocycles. The molecule has 0 aromatic heterocycles. The summed E-state index contributed by atoms with van der Waals surface area (Å²) >= 11 is 0. The minimum atomic E-state index is -0.0330. The molecule has 0 radical (unpaired) electrons. The quantitative estimate of drug-likeness (QED) is 0.685. The average molecular weight is 271 g/mol. The Morgan fingerprint density at radius 3 is 2.37 bits per heavy atom. The van der Waals surface area contributed by atoms with Crippen LogP contribution in [0.25, 0.3) is 0 Å². The fraction of sp³-hybridized carbons (Fsp3) is 1.00. The molecule has 114 valence electrons. The first-order valence-electron chi connectivity index (χ1n) is 8.01. The van der Waals surface area contributed by atoms with Crippen LogP contribution in [-0.2, 0) is 9.47 Å². The summed E-state index contributed by atoms with van der Waals surface area (Å²) in [5.74, 6) is 0. The van der Waals surface area contributed by atoms with Crippen LogP contribution in [0.3, 0.4) is 0 Å². The third-order valence-electron chi connectivity index (χ3n) is 3.55. The highest BCUT2D eigenvalue weighted by atomic mass is 16.5. The second-order valence-electron chi connectivity index (χ2n) is 6.71. The monoisotopic (exact) mass is 271 g/mol. The predicted octanol–water partition coefficient (Wildman–Crippen LogP) is 3.65. The Balaban J connectivity index is 2.10. The van der Waals surface area contributed by atoms with Crippen molar-refractivity contribution in [2.75, 3.05) is 13.2 Å². The molecule has 0 aliphatic heterocycles. The number of hydrogen-bond donors (Lipinski definition) is 1. The largest absolute Gasteiger partial charge is 0.378 e. The third kappa shape index (κ3) is 8.61. The minimum absolute atomic E-state index is 0.0330. The van der Waals surface area contributed by atoms with E-state index in [2.05, 4.69) is 20.8 Å². The smallest absolute Gasteiger partial charge is 0.0607 e. The van der Waals surface area contributed by atoms with Crippen LogP contribution in [0.2, 0.25) is 0 Å². The Bertz CT molecular complexity index is 225. The van der Waals surface area contributed by atoms with Crippen molar-refractivity contribution in [1.29, 1.82) is 0 Å². The van der Waals surface area contributed by atoms with E-state index >= 15 is 0 Å². The molecule has 2 unspecified atom stereocenters. The van der Waals surface area contributed by atoms with E-state index in [0.717, 1.165) is 26.0 Å². The predicted molar refractivity (Wildman–Crippen MR) is 80.4 cm³/mol. The van der Waals surface area contributed by atoms with Crippen LogP contribution >= 0.6 is 0 Å². The molecule has 1 fully saturated rings. The van der Waals surface area contributed by atoms with Crippen LogP contribution in [0, 0.1) is 0 Å². The van der Waals surface area contributed by atoms with Gasteiger partial charge in [-0.3, -0.25) is 0 Å². The normalized spacial score (nSPS) is 24.6. The standard InChI is InChI=1S/C16H33NO2/c1-16(2,3)19-15-10-8-9-14(13-15)18-12-7-5-4-6-11-17/h14-15H,4-13,17H2,1-3H3. The molecule has 3 heteroatoms. The average Bonchev–Trinajstić information content (AvgIpc) is 2.32. The topological polar surface area (TPSA) is 44.5 Å². The Labute approximate surface area is 119 Å². The molecule has 3 nitrogen and oxygen atoms in total. The van der Waals surface area contributed by atoms with Gasteiger partial charge >= 0.3 is 0 Å². The van der Waals surface area contributed by atoms with Crippen molar-refractivity contribution in [2.24, 2.45) is 5.73 Å². The molecule has 0 bridgehead atoms. The van der Waals surface area contributed by atoms with Gasteiger partial charge in [-0.25, -0.2) is 0 Å². The highest BCUT2D eigenvalue weighted by molar-refractivity contribution is 4.76. The van der Waals surface area contributed by atoms with Gasteiger partial charge in [0.1, 0.15) is 0 Å². The van der Waals surface area contributed by atoms with E-state index in [0.29, 0.717) is 12.2 Å². The number of unbranched alkanes of at least 4 members (excludes halogenated alkanes) is 3. The molecule has 19 heavy (non-hydrogen) atoms. The Morgan fingerprint density at radius 2 is 1.68 bits per heavy atom. The van der Waals surface area contributed by atoms with E-state index in [9.17, 15) is 0 Å². The fourth-order valence-corrected chi connectivity index (χ4v) is 2.71. The maximum atomic E-state index is 6.07. The highest BCUT2D eigenvalue weighted by Crippen LogP contribution is 2.27. The van der Waals surface area contributed by atoms with Crippen LogP contribution < -0.4 is 5.73 Å². The minimum Gasteiger partial charge on any atom is -0.378 e. The van der Waals surface area contributed by atoms with Crippen LogP contribution in [0.1, 0.15) is 72.1 Å². The molecule has 0 saturated heterocycles. The van der Waals surface area contributed by atoms with Crippen molar-refractivity contribution < 1.29 is 9.47 Å². The van der Waals surface area contributed by atoms with E-state index < -0.39 is 0 Å². The summed E-state index contributed by atoms with van der Waals surface area (Å²) < 4.78 is 12.1. The van der Waals surface area contributed by atoms with Gasteiger partial charge in [0.05, 0.1) is 17.8 Å². The van der Waals surface area contributed by atoms with E-state index in [1.165, 1.54) is 38.5 Å². The maximum absolute atomic E-state index is 6.07. The molecule has 1 aliphatic carbocycles. The highest BCUT2D eigenvalue weighted by Gasteiger charge is 2.26. The molecule has 2 N–H and O–H groups in total. The second kappa shape index (κ2) is 8.93. The first-order chi connectivity index (χ1) is 9.01. The SMILES string of the molecule is CC(C)(C)OC1CCCC(OCCCCCCN)C1. The van der Waals surface area contributed by atoms with Crippen molar-refractivity contribution in [2.45, 2.75) is 89.9 Å². The fourth-order valence-electron chi connectivity index (χ4n) is 2.71. The molecule has 0 amide bonds. The Morgan fingerprint density at radius 1 is 1.00 bits per heavy atom. The lowest BCUT2D eigenvalue weighted by Crippen LogP contribution is -2.34. The summed E-state index contributed by atoms with van der Waals surface area (Å²) in [5, 5.41) is 0. The maximum Gasteiger partial charge on any atom is 0.0607 e. The van der Waals surface area contributed by atoms with E-state index in [1.54, 1.807) is 0 Å². The summed E-state index contributed by atoms with van der Waals surface area (Å²) in [7, 11) is 0. The van der Waals surface area contributed by atoms with Gasteiger partial charge in [0, 0.05) is 6.61 Å². The van der Waals surface area contributed by atoms with E-state index in [4.69, 9.17) is 15.2 Å². The van der Waals surface area contributed by atoms with Gasteiger partial charge in [-0.05, 0) is 65.8 Å². The number of hydrogen-bond acceptors (Lipinski definition) is 3. The summed E-state index contributed by atoms with van der Waals surface area (Å²) in [5.41, 5.74) is 5.45. The van der Waals surface area contributed by atoms with Gasteiger partial charge < -0.3 is 15.2 Å². The first kappa shape index (κ1) is 16.9. The van der Waals surface area contributed by atoms with Crippen molar-refractivity contribution in [3.8, 4) is 0 Å². The van der Waals surface area contributed by atoms with E-state index in [-0.39, 0.29) is 5.60 Å². The lowest BCUT2D eigenvalue weighted by atomic mass is 9.94. The van der Waals surface area contributed by atoms with Crippen molar-refractivity contribution in [3.63, 3.8) is 0 Å². The van der Waals surface area contributed by atoms with Crippen LogP contribution in [0.5, 0.6) is 0 Å². The third-order valence-corrected chi connectivity index (χ3v) is 3.55. The van der Waals surface area contributed by atoms with Gasteiger partial charge in [-0.1, -0.05) is 12.8 Å². The van der Waals surface area contributed by atoms with Gasteiger partial charge in [0.2, 0.25) is 0 Å². The van der Waals surface area contributed by atoms with Crippen LogP contribution in [0.4, 0.5) is 0 Å². The number of ether oxygens (including phenoxy) is 2. The van der Waals surface area contributed by atoms with Crippen LogP contribution in [0.15, 0.2) is 0 Å². The molecule has 0 aromatic carbocycles. The molecule has 1 saturated carbocycles. The second-order valence-corrected chi connectivity index (χ2v) is 6.71. The van der Waals surface area contributed by atoms with Gasteiger partial charge in [-0.15, -0.1) is 0 Å². The number of rotatable bonds is 8. The molecule has 0 aromatic rings. The zero-order chi connectivity index (χ0) is 14.1. The summed E-state index contributed by atoms with van der Waals surface area (Å²) in [4.78, 5) is 0. The summed E-state index contributed by atoms with van der Waals surface area (Å²) in [6.45, 7) is 8.12. The van der Waals surface area contributed by atoms with Gasteiger partial charge in [0.15, 0.2) is 0 Å². The summed E-state index contributed by atoms with van der Waals surface area (Å²) in [6, 6.07) is 0. The van der Waals surface area contributed by atoms with Crippen molar-refractivity contribution in [3.05, 3.63) is 0 Å². The molecular weight excluding hydrogens is 238 g/mol. The molecular formula is C16H33NO2. The molecule has 0 spiro atoms. The van der Waals surface area contributed by atoms with Gasteiger partial charge in [0.25, 0.3) is 0 Å². The van der Waals surface area contributed by atoms with E-state index in [1.807, 2.05) is 0 Å². The zero-order valence-electron chi connectivity index (χ0n) is 13.1. The lowest BCUT2D eigenvalue weighted by molar-refractivity contribution is -0.103. The van der Waals surface area contributed by atoms with Crippen LogP contribution in [-0.4, -0.2) is 31.0 Å². The van der Waals surface area contributed by atoms with Crippen molar-refractivity contribution in [1.82, 2.24) is 0 Å². The lowest BCUT2D eigenvalue weighted by Gasteiger charge is -2.34. The summed E-state index contributed by atoms with van der Waals surface area (Å²) in [6.07, 6.45) is 10.3. The first-order valence-corrected chi connectivity index (χ1v) is 8.01. The Hall–Kier alpha value is -0.120. The number of nitrogens with two attached hydrogens (primary N) is 1. The molecule has 1 aliphatic rings. The zero-order valence-corrected chi connectivity index (χ0v) is 13.1. The Kier molecular flexibility index (Phi) is 7.96. The van der Waals surface area contributed by atoms with Crippen molar-refractivity contribution >= 4 is 0 Å².